The normalized spacial score (nSPS) is 23.0. The van der Waals surface area contributed by atoms with Crippen LogP contribution in [-0.2, 0) is 0 Å². The summed E-state index contributed by atoms with van der Waals surface area (Å²) in [6, 6.07) is 0. The Morgan fingerprint density at radius 3 is 2.61 bits per heavy atom. The molecule has 1 fully saturated rings. The standard InChI is InChI=1S/C15H32N2S/c1-15(2,3)16-10-5-6-11-17-12-7-8-14(18-4)9-13-17/h14,16H,5-13H2,1-4H3. The van der Waals surface area contributed by atoms with Gasteiger partial charge < -0.3 is 10.2 Å². The zero-order chi connectivity index (χ0) is 13.4. The smallest absolute Gasteiger partial charge is 0.00965 e. The molecule has 0 amide bonds. The maximum absolute atomic E-state index is 3.57. The van der Waals surface area contributed by atoms with Gasteiger partial charge >= 0.3 is 0 Å². The first kappa shape index (κ1) is 16.3. The maximum atomic E-state index is 3.57. The van der Waals surface area contributed by atoms with Crippen LogP contribution < -0.4 is 5.32 Å². The zero-order valence-corrected chi connectivity index (χ0v) is 13.6. The van der Waals surface area contributed by atoms with E-state index in [1.165, 1.54) is 51.7 Å². The van der Waals surface area contributed by atoms with Crippen LogP contribution in [0.1, 0.15) is 52.9 Å². The highest BCUT2D eigenvalue weighted by molar-refractivity contribution is 7.99. The molecule has 0 aromatic heterocycles. The van der Waals surface area contributed by atoms with Crippen molar-refractivity contribution >= 4 is 11.8 Å². The van der Waals surface area contributed by atoms with Crippen LogP contribution in [-0.4, -0.2) is 48.1 Å². The molecule has 1 aliphatic heterocycles. The Balaban J connectivity index is 2.05. The minimum atomic E-state index is 0.272. The summed E-state index contributed by atoms with van der Waals surface area (Å²) in [5, 5.41) is 4.48. The summed E-state index contributed by atoms with van der Waals surface area (Å²) in [7, 11) is 0. The molecular formula is C15H32N2S. The van der Waals surface area contributed by atoms with Crippen LogP contribution in [0.3, 0.4) is 0 Å². The van der Waals surface area contributed by atoms with Crippen molar-refractivity contribution in [2.75, 3.05) is 32.4 Å². The molecule has 0 aromatic rings. The highest BCUT2D eigenvalue weighted by Crippen LogP contribution is 2.21. The second-order valence-electron chi connectivity index (χ2n) is 6.51. The number of thioether (sulfide) groups is 1. The molecule has 1 atom stereocenters. The zero-order valence-electron chi connectivity index (χ0n) is 12.8. The first-order valence-corrected chi connectivity index (χ1v) is 8.80. The van der Waals surface area contributed by atoms with Crippen LogP contribution >= 0.6 is 11.8 Å². The van der Waals surface area contributed by atoms with E-state index in [4.69, 9.17) is 0 Å². The van der Waals surface area contributed by atoms with Crippen molar-refractivity contribution in [3.8, 4) is 0 Å². The van der Waals surface area contributed by atoms with E-state index >= 15 is 0 Å². The average molecular weight is 273 g/mol. The van der Waals surface area contributed by atoms with Crippen molar-refractivity contribution in [3.63, 3.8) is 0 Å². The van der Waals surface area contributed by atoms with Gasteiger partial charge in [-0.05, 0) is 85.3 Å². The Labute approximate surface area is 118 Å². The summed E-state index contributed by atoms with van der Waals surface area (Å²) in [6.07, 6.45) is 9.11. The summed E-state index contributed by atoms with van der Waals surface area (Å²) < 4.78 is 0. The Bertz CT molecular complexity index is 213. The van der Waals surface area contributed by atoms with Crippen molar-refractivity contribution in [3.05, 3.63) is 0 Å². The minimum Gasteiger partial charge on any atom is -0.312 e. The van der Waals surface area contributed by atoms with E-state index in [0.717, 1.165) is 11.8 Å². The number of nitrogens with one attached hydrogen (secondary N) is 1. The molecule has 0 radical (unpaired) electrons. The first-order chi connectivity index (χ1) is 8.51. The minimum absolute atomic E-state index is 0.272. The summed E-state index contributed by atoms with van der Waals surface area (Å²) >= 11 is 2.06. The van der Waals surface area contributed by atoms with Crippen molar-refractivity contribution in [1.29, 1.82) is 0 Å². The molecule has 0 spiro atoms. The van der Waals surface area contributed by atoms with Gasteiger partial charge in [0.1, 0.15) is 0 Å². The van der Waals surface area contributed by atoms with Gasteiger partial charge in [-0.3, -0.25) is 0 Å². The number of hydrogen-bond acceptors (Lipinski definition) is 3. The second-order valence-corrected chi connectivity index (χ2v) is 7.65. The van der Waals surface area contributed by atoms with E-state index in [-0.39, 0.29) is 5.54 Å². The number of rotatable bonds is 6. The highest BCUT2D eigenvalue weighted by atomic mass is 32.2. The van der Waals surface area contributed by atoms with E-state index in [9.17, 15) is 0 Å². The highest BCUT2D eigenvalue weighted by Gasteiger charge is 2.15. The van der Waals surface area contributed by atoms with Crippen LogP contribution in [0, 0.1) is 0 Å². The third-order valence-corrected chi connectivity index (χ3v) is 4.80. The fourth-order valence-electron chi connectivity index (χ4n) is 2.51. The van der Waals surface area contributed by atoms with E-state index in [0.29, 0.717) is 0 Å². The molecule has 1 unspecified atom stereocenters. The van der Waals surface area contributed by atoms with Crippen molar-refractivity contribution in [2.45, 2.75) is 63.7 Å². The fraction of sp³-hybridized carbons (Fsp3) is 1.00. The summed E-state index contributed by atoms with van der Waals surface area (Å²) in [4.78, 5) is 2.67. The van der Waals surface area contributed by atoms with Crippen LogP contribution in [0.25, 0.3) is 0 Å². The van der Waals surface area contributed by atoms with Crippen LogP contribution in [0.15, 0.2) is 0 Å². The molecule has 0 bridgehead atoms. The summed E-state index contributed by atoms with van der Waals surface area (Å²) in [6.45, 7) is 11.8. The van der Waals surface area contributed by atoms with Gasteiger partial charge in [0.25, 0.3) is 0 Å². The van der Waals surface area contributed by atoms with Crippen LogP contribution in [0.4, 0.5) is 0 Å². The summed E-state index contributed by atoms with van der Waals surface area (Å²) in [5.74, 6) is 0. The van der Waals surface area contributed by atoms with Crippen molar-refractivity contribution in [1.82, 2.24) is 10.2 Å². The Kier molecular flexibility index (Phi) is 7.66. The predicted molar refractivity (Wildman–Crippen MR) is 84.6 cm³/mol. The van der Waals surface area contributed by atoms with Crippen molar-refractivity contribution in [2.24, 2.45) is 0 Å². The average Bonchev–Trinajstić information content (AvgIpc) is 2.52. The summed E-state index contributed by atoms with van der Waals surface area (Å²) in [5.41, 5.74) is 0.272. The maximum Gasteiger partial charge on any atom is 0.00965 e. The predicted octanol–water partition coefficient (Wildman–Crippen LogP) is 3.37. The molecule has 108 valence electrons. The molecule has 0 aliphatic carbocycles. The van der Waals surface area contributed by atoms with Gasteiger partial charge in [-0.15, -0.1) is 0 Å². The lowest BCUT2D eigenvalue weighted by molar-refractivity contribution is 0.276. The number of likely N-dealkylation sites (tertiary alicyclic amines) is 1. The molecule has 3 heteroatoms. The molecule has 1 rings (SSSR count). The lowest BCUT2D eigenvalue weighted by atomic mass is 10.1. The number of nitrogens with zero attached hydrogens (tertiary/aromatic N) is 1. The van der Waals surface area contributed by atoms with Gasteiger partial charge in [-0.25, -0.2) is 0 Å². The number of unbranched alkanes of at least 4 members (excludes halogenated alkanes) is 1. The Morgan fingerprint density at radius 2 is 1.94 bits per heavy atom. The Hall–Kier alpha value is 0.270. The van der Waals surface area contributed by atoms with Crippen molar-refractivity contribution < 1.29 is 0 Å². The molecule has 1 heterocycles. The molecule has 1 saturated heterocycles. The van der Waals surface area contributed by atoms with Crippen LogP contribution in [0.5, 0.6) is 0 Å². The fourth-order valence-corrected chi connectivity index (χ4v) is 3.25. The topological polar surface area (TPSA) is 15.3 Å². The molecule has 0 aromatic carbocycles. The van der Waals surface area contributed by atoms with Crippen LogP contribution in [0.2, 0.25) is 0 Å². The van der Waals surface area contributed by atoms with E-state index in [1.54, 1.807) is 0 Å². The third-order valence-electron chi connectivity index (χ3n) is 3.66. The lowest BCUT2D eigenvalue weighted by Crippen LogP contribution is -2.36. The largest absolute Gasteiger partial charge is 0.312 e. The molecule has 1 aliphatic rings. The molecule has 18 heavy (non-hydrogen) atoms. The lowest BCUT2D eigenvalue weighted by Gasteiger charge is -2.22. The van der Waals surface area contributed by atoms with E-state index in [1.807, 2.05) is 0 Å². The quantitative estimate of drug-likeness (QED) is 0.746. The number of hydrogen-bond donors (Lipinski definition) is 1. The molecular weight excluding hydrogens is 240 g/mol. The van der Waals surface area contributed by atoms with Gasteiger partial charge in [0.05, 0.1) is 0 Å². The Morgan fingerprint density at radius 1 is 1.17 bits per heavy atom. The van der Waals surface area contributed by atoms with Gasteiger partial charge in [0.2, 0.25) is 0 Å². The second kappa shape index (κ2) is 8.44. The SMILES string of the molecule is CSC1CCCN(CCCCNC(C)(C)C)CC1. The molecule has 1 N–H and O–H groups in total. The first-order valence-electron chi connectivity index (χ1n) is 7.51. The third kappa shape index (κ3) is 7.65. The molecule has 2 nitrogen and oxygen atoms in total. The van der Waals surface area contributed by atoms with Gasteiger partial charge in [0.15, 0.2) is 0 Å². The van der Waals surface area contributed by atoms with E-state index in [2.05, 4.69) is 49.0 Å². The van der Waals surface area contributed by atoms with Gasteiger partial charge in [-0.2, -0.15) is 11.8 Å². The van der Waals surface area contributed by atoms with Gasteiger partial charge in [-0.1, -0.05) is 0 Å². The molecule has 0 saturated carbocycles. The van der Waals surface area contributed by atoms with E-state index < -0.39 is 0 Å². The monoisotopic (exact) mass is 272 g/mol. The van der Waals surface area contributed by atoms with Gasteiger partial charge in [0, 0.05) is 10.8 Å².